The van der Waals surface area contributed by atoms with Crippen LogP contribution in [-0.2, 0) is 20.5 Å². The quantitative estimate of drug-likeness (QED) is 0.454. The third kappa shape index (κ3) is 4.02. The summed E-state index contributed by atoms with van der Waals surface area (Å²) in [6.07, 6.45) is 0. The van der Waals surface area contributed by atoms with Gasteiger partial charge in [-0.2, -0.15) is 8.42 Å². The first-order valence-corrected chi connectivity index (χ1v) is 11.2. The second-order valence-corrected chi connectivity index (χ2v) is 8.72. The number of carbonyl (C=O) groups is 2. The number of para-hydroxylation sites is 1. The van der Waals surface area contributed by atoms with E-state index < -0.39 is 33.3 Å². The lowest BCUT2D eigenvalue weighted by Crippen LogP contribution is -2.45. The van der Waals surface area contributed by atoms with Crippen LogP contribution in [0.4, 0.5) is 4.79 Å². The molecule has 7 nitrogen and oxygen atoms in total. The highest BCUT2D eigenvalue weighted by Gasteiger charge is 2.53. The van der Waals surface area contributed by atoms with Gasteiger partial charge in [0.25, 0.3) is 5.91 Å². The number of benzene rings is 3. The van der Waals surface area contributed by atoms with E-state index in [0.717, 1.165) is 4.90 Å². The molecule has 0 unspecified atom stereocenters. The highest BCUT2D eigenvalue weighted by molar-refractivity contribution is 7.87. The molecule has 1 aliphatic rings. The van der Waals surface area contributed by atoms with Crippen LogP contribution in [0, 0.1) is 0 Å². The number of nitrogens with zero attached hydrogens (tertiary/aromatic N) is 1. The maximum atomic E-state index is 13.5. The minimum absolute atomic E-state index is 0.169. The standard InChI is InChI=1S/C23H20N2O5S/c26-21-23(18-10-4-1-5-11-18,19-12-6-2-7-13-19)24-22(27)25(21)16-17-31(28,29)30-20-14-8-3-9-15-20/h1-15H,16-17H2,(H,24,27). The summed E-state index contributed by atoms with van der Waals surface area (Å²) in [5.41, 5.74) is -0.250. The third-order valence-corrected chi connectivity index (χ3v) is 6.18. The fourth-order valence-electron chi connectivity index (χ4n) is 3.58. The first-order chi connectivity index (χ1) is 14.9. The zero-order chi connectivity index (χ0) is 21.9. The fourth-order valence-corrected chi connectivity index (χ4v) is 4.47. The van der Waals surface area contributed by atoms with Crippen molar-refractivity contribution < 1.29 is 22.2 Å². The van der Waals surface area contributed by atoms with Crippen LogP contribution in [0.15, 0.2) is 91.0 Å². The second-order valence-electron chi connectivity index (χ2n) is 7.03. The van der Waals surface area contributed by atoms with Crippen molar-refractivity contribution in [2.75, 3.05) is 12.3 Å². The Kier molecular flexibility index (Phi) is 5.48. The Balaban J connectivity index is 1.61. The van der Waals surface area contributed by atoms with Crippen molar-refractivity contribution in [1.29, 1.82) is 0 Å². The zero-order valence-corrected chi connectivity index (χ0v) is 17.3. The second kappa shape index (κ2) is 8.23. The Labute approximate surface area is 180 Å². The van der Waals surface area contributed by atoms with Gasteiger partial charge in [-0.25, -0.2) is 4.79 Å². The number of carbonyl (C=O) groups excluding carboxylic acids is 2. The normalized spacial score (nSPS) is 15.5. The van der Waals surface area contributed by atoms with E-state index in [0.29, 0.717) is 11.1 Å². The van der Waals surface area contributed by atoms with Gasteiger partial charge < -0.3 is 9.50 Å². The summed E-state index contributed by atoms with van der Waals surface area (Å²) in [6, 6.07) is 25.2. The highest BCUT2D eigenvalue weighted by Crippen LogP contribution is 2.35. The number of amides is 3. The third-order valence-electron chi connectivity index (χ3n) is 5.05. The van der Waals surface area contributed by atoms with Gasteiger partial charge in [0.15, 0.2) is 5.54 Å². The molecule has 0 atom stereocenters. The fraction of sp³-hybridized carbons (Fsp3) is 0.130. The Morgan fingerprint density at radius 1 is 0.774 bits per heavy atom. The Morgan fingerprint density at radius 2 is 1.26 bits per heavy atom. The van der Waals surface area contributed by atoms with Crippen molar-refractivity contribution in [2.24, 2.45) is 0 Å². The van der Waals surface area contributed by atoms with Gasteiger partial charge in [-0.1, -0.05) is 78.9 Å². The largest absolute Gasteiger partial charge is 0.382 e. The van der Waals surface area contributed by atoms with Gasteiger partial charge in [-0.3, -0.25) is 9.69 Å². The molecule has 1 N–H and O–H groups in total. The average molecular weight is 436 g/mol. The van der Waals surface area contributed by atoms with Crippen LogP contribution in [0.25, 0.3) is 0 Å². The van der Waals surface area contributed by atoms with Gasteiger partial charge in [0.2, 0.25) is 0 Å². The van der Waals surface area contributed by atoms with Crippen LogP contribution in [0.2, 0.25) is 0 Å². The molecule has 3 aromatic carbocycles. The predicted molar refractivity (Wildman–Crippen MR) is 115 cm³/mol. The van der Waals surface area contributed by atoms with Gasteiger partial charge in [0.05, 0.1) is 0 Å². The maximum Gasteiger partial charge on any atom is 0.325 e. The summed E-state index contributed by atoms with van der Waals surface area (Å²) < 4.78 is 29.8. The first-order valence-electron chi connectivity index (χ1n) is 9.65. The summed E-state index contributed by atoms with van der Waals surface area (Å²) in [5.74, 6) is -0.895. The maximum absolute atomic E-state index is 13.5. The van der Waals surface area contributed by atoms with Gasteiger partial charge in [-0.05, 0) is 23.3 Å². The summed E-state index contributed by atoms with van der Waals surface area (Å²) in [5, 5.41) is 2.79. The number of imide groups is 1. The number of nitrogens with one attached hydrogen (secondary N) is 1. The number of urea groups is 1. The molecule has 0 bridgehead atoms. The molecular formula is C23H20N2O5S. The van der Waals surface area contributed by atoms with E-state index in [2.05, 4.69) is 5.32 Å². The van der Waals surface area contributed by atoms with Gasteiger partial charge >= 0.3 is 16.1 Å². The molecule has 0 spiro atoms. The topological polar surface area (TPSA) is 92.8 Å². The van der Waals surface area contributed by atoms with Crippen LogP contribution >= 0.6 is 0 Å². The molecule has 158 valence electrons. The van der Waals surface area contributed by atoms with E-state index in [1.54, 1.807) is 66.7 Å². The van der Waals surface area contributed by atoms with Crippen LogP contribution < -0.4 is 9.50 Å². The first kappa shape index (κ1) is 20.6. The monoisotopic (exact) mass is 436 g/mol. The van der Waals surface area contributed by atoms with Crippen molar-refractivity contribution in [3.8, 4) is 5.75 Å². The minimum atomic E-state index is -4.01. The lowest BCUT2D eigenvalue weighted by atomic mass is 9.82. The Hall–Kier alpha value is -3.65. The van der Waals surface area contributed by atoms with Crippen molar-refractivity contribution in [2.45, 2.75) is 5.54 Å². The number of hydrogen-bond acceptors (Lipinski definition) is 5. The highest BCUT2D eigenvalue weighted by atomic mass is 32.2. The van der Waals surface area contributed by atoms with E-state index in [4.69, 9.17) is 4.18 Å². The molecule has 0 radical (unpaired) electrons. The molecule has 3 amide bonds. The molecule has 1 saturated heterocycles. The molecule has 0 saturated carbocycles. The summed E-state index contributed by atoms with van der Waals surface area (Å²) >= 11 is 0. The summed E-state index contributed by atoms with van der Waals surface area (Å²) in [6.45, 7) is -0.332. The average Bonchev–Trinajstić information content (AvgIpc) is 3.04. The summed E-state index contributed by atoms with van der Waals surface area (Å²) in [7, 11) is -4.01. The number of hydrogen-bond donors (Lipinski definition) is 1. The molecule has 3 aromatic rings. The zero-order valence-electron chi connectivity index (χ0n) is 16.5. The van der Waals surface area contributed by atoms with Gasteiger partial charge in [0.1, 0.15) is 11.5 Å². The molecule has 1 fully saturated rings. The Bertz CT molecular complexity index is 1140. The lowest BCUT2D eigenvalue weighted by Gasteiger charge is -2.28. The Morgan fingerprint density at radius 3 is 1.77 bits per heavy atom. The predicted octanol–water partition coefficient (Wildman–Crippen LogP) is 2.89. The molecule has 4 rings (SSSR count). The van der Waals surface area contributed by atoms with Gasteiger partial charge in [-0.15, -0.1) is 0 Å². The van der Waals surface area contributed by atoms with E-state index in [1.165, 1.54) is 12.1 Å². The van der Waals surface area contributed by atoms with Crippen molar-refractivity contribution in [3.63, 3.8) is 0 Å². The summed E-state index contributed by atoms with van der Waals surface area (Å²) in [4.78, 5) is 27.2. The van der Waals surface area contributed by atoms with Crippen LogP contribution in [0.5, 0.6) is 5.75 Å². The van der Waals surface area contributed by atoms with E-state index in [-0.39, 0.29) is 12.3 Å². The van der Waals surface area contributed by atoms with Crippen molar-refractivity contribution in [1.82, 2.24) is 10.2 Å². The molecular weight excluding hydrogens is 416 g/mol. The molecule has 0 aromatic heterocycles. The number of rotatable bonds is 7. The van der Waals surface area contributed by atoms with Crippen LogP contribution in [0.1, 0.15) is 11.1 Å². The molecule has 8 heteroatoms. The van der Waals surface area contributed by atoms with Crippen LogP contribution in [0.3, 0.4) is 0 Å². The molecule has 1 heterocycles. The molecule has 31 heavy (non-hydrogen) atoms. The molecule has 1 aliphatic heterocycles. The smallest absolute Gasteiger partial charge is 0.325 e. The van der Waals surface area contributed by atoms with Crippen LogP contribution in [-0.4, -0.2) is 37.6 Å². The van der Waals surface area contributed by atoms with E-state index in [1.807, 2.05) is 12.1 Å². The SMILES string of the molecule is O=C1NC(c2ccccc2)(c2ccccc2)C(=O)N1CCS(=O)(=O)Oc1ccccc1. The van der Waals surface area contributed by atoms with Gasteiger partial charge in [0, 0.05) is 6.54 Å². The van der Waals surface area contributed by atoms with Crippen molar-refractivity contribution in [3.05, 3.63) is 102 Å². The van der Waals surface area contributed by atoms with Crippen molar-refractivity contribution >= 4 is 22.1 Å². The van der Waals surface area contributed by atoms with E-state index in [9.17, 15) is 18.0 Å². The molecule has 0 aliphatic carbocycles. The minimum Gasteiger partial charge on any atom is -0.382 e. The van der Waals surface area contributed by atoms with E-state index >= 15 is 0 Å². The lowest BCUT2D eigenvalue weighted by molar-refractivity contribution is -0.130.